The van der Waals surface area contributed by atoms with Crippen LogP contribution >= 0.6 is 0 Å². The number of para-hydroxylation sites is 1. The van der Waals surface area contributed by atoms with Crippen molar-refractivity contribution < 1.29 is 9.53 Å². The number of rotatable bonds is 4. The van der Waals surface area contributed by atoms with Crippen molar-refractivity contribution in [1.82, 2.24) is 9.97 Å². The lowest BCUT2D eigenvalue weighted by Gasteiger charge is -2.12. The number of nitrogens with two attached hydrogens (primary N) is 2. The van der Waals surface area contributed by atoms with Gasteiger partial charge in [-0.1, -0.05) is 48.5 Å². The standard InChI is InChI=1S/C21H16N4O2/c22-20-18-16(24-21(23)25-20)11-14(19(26)13-7-3-1-4-8-13)12-17(18)27-15-9-5-2-6-10-15/h1-12H,(H4,22,23,24,25). The highest BCUT2D eigenvalue weighted by molar-refractivity contribution is 6.12. The van der Waals surface area contributed by atoms with Gasteiger partial charge in [0.1, 0.15) is 17.3 Å². The van der Waals surface area contributed by atoms with Gasteiger partial charge in [-0.15, -0.1) is 0 Å². The summed E-state index contributed by atoms with van der Waals surface area (Å²) >= 11 is 0. The van der Waals surface area contributed by atoms with E-state index in [0.29, 0.717) is 33.5 Å². The highest BCUT2D eigenvalue weighted by atomic mass is 16.5. The number of aromatic nitrogens is 2. The van der Waals surface area contributed by atoms with E-state index in [0.717, 1.165) is 0 Å². The van der Waals surface area contributed by atoms with Gasteiger partial charge in [0.2, 0.25) is 5.95 Å². The van der Waals surface area contributed by atoms with Crippen molar-refractivity contribution in [3.8, 4) is 11.5 Å². The minimum Gasteiger partial charge on any atom is -0.456 e. The van der Waals surface area contributed by atoms with Gasteiger partial charge < -0.3 is 16.2 Å². The van der Waals surface area contributed by atoms with Crippen molar-refractivity contribution >= 4 is 28.5 Å². The van der Waals surface area contributed by atoms with Crippen molar-refractivity contribution in [2.75, 3.05) is 11.5 Å². The Hall–Kier alpha value is -3.93. The molecule has 0 atom stereocenters. The first-order valence-electron chi connectivity index (χ1n) is 8.31. The molecule has 0 aliphatic rings. The van der Waals surface area contributed by atoms with Gasteiger partial charge in [0.25, 0.3) is 0 Å². The third-order valence-electron chi connectivity index (χ3n) is 4.08. The zero-order valence-electron chi connectivity index (χ0n) is 14.3. The van der Waals surface area contributed by atoms with Gasteiger partial charge in [-0.2, -0.15) is 4.98 Å². The predicted molar refractivity (Wildman–Crippen MR) is 105 cm³/mol. The highest BCUT2D eigenvalue weighted by Crippen LogP contribution is 2.34. The maximum Gasteiger partial charge on any atom is 0.222 e. The fourth-order valence-corrected chi connectivity index (χ4v) is 2.86. The van der Waals surface area contributed by atoms with Gasteiger partial charge in [0.05, 0.1) is 10.9 Å². The molecular weight excluding hydrogens is 340 g/mol. The lowest BCUT2D eigenvalue weighted by molar-refractivity contribution is 0.103. The van der Waals surface area contributed by atoms with Crippen LogP contribution in [0, 0.1) is 0 Å². The largest absolute Gasteiger partial charge is 0.456 e. The maximum atomic E-state index is 12.9. The number of ketones is 1. The van der Waals surface area contributed by atoms with Crippen LogP contribution in [0.15, 0.2) is 72.8 Å². The zero-order valence-corrected chi connectivity index (χ0v) is 14.3. The van der Waals surface area contributed by atoms with E-state index in [9.17, 15) is 4.79 Å². The van der Waals surface area contributed by atoms with Crippen LogP contribution in [-0.2, 0) is 0 Å². The molecule has 0 spiro atoms. The van der Waals surface area contributed by atoms with E-state index in [2.05, 4.69) is 9.97 Å². The molecule has 0 saturated heterocycles. The molecular formula is C21H16N4O2. The first-order chi connectivity index (χ1) is 13.1. The lowest BCUT2D eigenvalue weighted by atomic mass is 10.0. The van der Waals surface area contributed by atoms with Gasteiger partial charge in [0.15, 0.2) is 5.78 Å². The van der Waals surface area contributed by atoms with E-state index in [-0.39, 0.29) is 17.5 Å². The molecule has 4 N–H and O–H groups in total. The maximum absolute atomic E-state index is 12.9. The number of nitrogens with zero attached hydrogens (tertiary/aromatic N) is 2. The summed E-state index contributed by atoms with van der Waals surface area (Å²) in [6, 6.07) is 21.5. The molecule has 1 heterocycles. The van der Waals surface area contributed by atoms with Gasteiger partial charge in [-0.25, -0.2) is 4.98 Å². The Morgan fingerprint density at radius 1 is 0.815 bits per heavy atom. The van der Waals surface area contributed by atoms with E-state index >= 15 is 0 Å². The SMILES string of the molecule is Nc1nc(N)c2c(Oc3ccccc3)cc(C(=O)c3ccccc3)cc2n1. The monoisotopic (exact) mass is 356 g/mol. The number of carbonyl (C=O) groups is 1. The summed E-state index contributed by atoms with van der Waals surface area (Å²) in [6.45, 7) is 0. The van der Waals surface area contributed by atoms with Crippen LogP contribution in [-0.4, -0.2) is 15.8 Å². The van der Waals surface area contributed by atoms with Crippen LogP contribution in [0.3, 0.4) is 0 Å². The highest BCUT2D eigenvalue weighted by Gasteiger charge is 2.17. The summed E-state index contributed by atoms with van der Waals surface area (Å²) < 4.78 is 5.99. The Morgan fingerprint density at radius 2 is 1.48 bits per heavy atom. The number of nitrogen functional groups attached to an aromatic ring is 2. The molecule has 0 unspecified atom stereocenters. The molecule has 0 saturated carbocycles. The average Bonchev–Trinajstić information content (AvgIpc) is 2.68. The molecule has 0 bridgehead atoms. The van der Waals surface area contributed by atoms with Crippen LogP contribution in [0.25, 0.3) is 10.9 Å². The molecule has 3 aromatic carbocycles. The smallest absolute Gasteiger partial charge is 0.222 e. The Labute approximate surface area is 155 Å². The normalized spacial score (nSPS) is 10.7. The second kappa shape index (κ2) is 6.76. The Kier molecular flexibility index (Phi) is 4.14. The zero-order chi connectivity index (χ0) is 18.8. The number of benzene rings is 3. The molecule has 1 aromatic heterocycles. The lowest BCUT2D eigenvalue weighted by Crippen LogP contribution is -2.05. The second-order valence-corrected chi connectivity index (χ2v) is 5.95. The molecule has 132 valence electrons. The third-order valence-corrected chi connectivity index (χ3v) is 4.08. The van der Waals surface area contributed by atoms with Crippen molar-refractivity contribution in [3.05, 3.63) is 83.9 Å². The predicted octanol–water partition coefficient (Wildman–Crippen LogP) is 3.82. The summed E-state index contributed by atoms with van der Waals surface area (Å²) in [6.07, 6.45) is 0. The minimum atomic E-state index is -0.147. The molecule has 4 rings (SSSR count). The third kappa shape index (κ3) is 3.28. The molecule has 27 heavy (non-hydrogen) atoms. The van der Waals surface area contributed by atoms with Crippen LogP contribution in [0.1, 0.15) is 15.9 Å². The molecule has 0 radical (unpaired) electrons. The summed E-state index contributed by atoms with van der Waals surface area (Å²) in [5, 5.41) is 0.512. The molecule has 0 aliphatic carbocycles. The van der Waals surface area contributed by atoms with E-state index < -0.39 is 0 Å². The van der Waals surface area contributed by atoms with Crippen LogP contribution in [0.5, 0.6) is 11.5 Å². The summed E-state index contributed by atoms with van der Waals surface area (Å²) in [5.41, 5.74) is 13.2. The topological polar surface area (TPSA) is 104 Å². The van der Waals surface area contributed by atoms with Gasteiger partial charge in [-0.05, 0) is 24.3 Å². The second-order valence-electron chi connectivity index (χ2n) is 5.95. The van der Waals surface area contributed by atoms with Crippen molar-refractivity contribution in [2.24, 2.45) is 0 Å². The number of hydrogen-bond acceptors (Lipinski definition) is 6. The molecule has 0 amide bonds. The quantitative estimate of drug-likeness (QED) is 0.539. The number of fused-ring (bicyclic) bond motifs is 1. The first kappa shape index (κ1) is 16.5. The van der Waals surface area contributed by atoms with E-state index in [1.165, 1.54) is 0 Å². The van der Waals surface area contributed by atoms with Gasteiger partial charge >= 0.3 is 0 Å². The van der Waals surface area contributed by atoms with Gasteiger partial charge in [-0.3, -0.25) is 4.79 Å². The summed E-state index contributed by atoms with van der Waals surface area (Å²) in [7, 11) is 0. The van der Waals surface area contributed by atoms with E-state index in [1.54, 1.807) is 24.3 Å². The van der Waals surface area contributed by atoms with Crippen molar-refractivity contribution in [2.45, 2.75) is 0 Å². The number of ether oxygens (including phenoxy) is 1. The first-order valence-corrected chi connectivity index (χ1v) is 8.31. The van der Waals surface area contributed by atoms with Crippen LogP contribution in [0.2, 0.25) is 0 Å². The number of anilines is 2. The summed E-state index contributed by atoms with van der Waals surface area (Å²) in [5.74, 6) is 1.10. The van der Waals surface area contributed by atoms with Crippen LogP contribution in [0.4, 0.5) is 11.8 Å². The molecule has 4 aromatic rings. The Balaban J connectivity index is 1.90. The fourth-order valence-electron chi connectivity index (χ4n) is 2.86. The fraction of sp³-hybridized carbons (Fsp3) is 0. The number of carbonyl (C=O) groups excluding carboxylic acids is 1. The summed E-state index contributed by atoms with van der Waals surface area (Å²) in [4.78, 5) is 21.1. The van der Waals surface area contributed by atoms with Gasteiger partial charge in [0, 0.05) is 11.1 Å². The average molecular weight is 356 g/mol. The molecule has 6 nitrogen and oxygen atoms in total. The molecule has 6 heteroatoms. The van der Waals surface area contributed by atoms with E-state index in [4.69, 9.17) is 16.2 Å². The number of hydrogen-bond donors (Lipinski definition) is 2. The minimum absolute atomic E-state index is 0.0370. The molecule has 0 fully saturated rings. The van der Waals surface area contributed by atoms with Crippen LogP contribution < -0.4 is 16.2 Å². The molecule has 0 aliphatic heterocycles. The van der Waals surface area contributed by atoms with E-state index in [1.807, 2.05) is 48.5 Å². The Morgan fingerprint density at radius 3 is 2.19 bits per heavy atom. The van der Waals surface area contributed by atoms with Crippen molar-refractivity contribution in [3.63, 3.8) is 0 Å². The Bertz CT molecular complexity index is 1130. The van der Waals surface area contributed by atoms with Crippen molar-refractivity contribution in [1.29, 1.82) is 0 Å².